The lowest BCUT2D eigenvalue weighted by atomic mass is 9.47. The Hall–Kier alpha value is 0. The largest absolute Gasteiger partial charge is 0.0654 e. The third kappa shape index (κ3) is 1.17. The van der Waals surface area contributed by atoms with Crippen molar-refractivity contribution < 1.29 is 0 Å². The van der Waals surface area contributed by atoms with Gasteiger partial charge in [-0.05, 0) is 41.9 Å². The first-order valence-electron chi connectivity index (χ1n) is 6.09. The molecular weight excluding hydrogens is 156 g/mol. The second-order valence-electron chi connectivity index (χ2n) is 5.96. The highest BCUT2D eigenvalue weighted by molar-refractivity contribution is 5.07. The highest BCUT2D eigenvalue weighted by Gasteiger charge is 2.59. The molecule has 0 heteroatoms. The van der Waals surface area contributed by atoms with E-state index in [0.29, 0.717) is 5.41 Å². The molecule has 2 aliphatic carbocycles. The second-order valence-corrected chi connectivity index (χ2v) is 5.96. The minimum Gasteiger partial charge on any atom is -0.0654 e. The van der Waals surface area contributed by atoms with Gasteiger partial charge < -0.3 is 0 Å². The van der Waals surface area contributed by atoms with Crippen LogP contribution in [-0.2, 0) is 0 Å². The van der Waals surface area contributed by atoms with E-state index in [4.69, 9.17) is 0 Å². The van der Waals surface area contributed by atoms with Gasteiger partial charge in [0.2, 0.25) is 0 Å². The molecule has 0 nitrogen and oxygen atoms in total. The van der Waals surface area contributed by atoms with Gasteiger partial charge in [0.25, 0.3) is 0 Å². The summed E-state index contributed by atoms with van der Waals surface area (Å²) in [4.78, 5) is 0. The molecule has 2 fully saturated rings. The Bertz CT molecular complexity index is 192. The molecule has 0 N–H and O–H groups in total. The quantitative estimate of drug-likeness (QED) is 0.600. The van der Waals surface area contributed by atoms with Crippen LogP contribution in [0, 0.1) is 29.1 Å². The molecule has 2 aliphatic rings. The van der Waals surface area contributed by atoms with Crippen LogP contribution in [0.2, 0.25) is 0 Å². The molecule has 0 aromatic heterocycles. The van der Waals surface area contributed by atoms with E-state index in [-0.39, 0.29) is 0 Å². The molecule has 0 heterocycles. The molecule has 0 saturated heterocycles. The van der Waals surface area contributed by atoms with Crippen LogP contribution in [0.5, 0.6) is 0 Å². The molecule has 0 bridgehead atoms. The molecular formula is C13H24. The Morgan fingerprint density at radius 2 is 1.92 bits per heavy atom. The summed E-state index contributed by atoms with van der Waals surface area (Å²) in [6.07, 6.45) is 5.88. The van der Waals surface area contributed by atoms with Gasteiger partial charge in [0.1, 0.15) is 0 Å². The zero-order chi connectivity index (χ0) is 9.64. The van der Waals surface area contributed by atoms with Crippen LogP contribution in [0.15, 0.2) is 0 Å². The highest BCUT2D eigenvalue weighted by atomic mass is 14.6. The maximum absolute atomic E-state index is 2.51. The van der Waals surface area contributed by atoms with Gasteiger partial charge in [-0.2, -0.15) is 0 Å². The molecule has 0 spiro atoms. The van der Waals surface area contributed by atoms with E-state index >= 15 is 0 Å². The predicted octanol–water partition coefficient (Wildman–Crippen LogP) is 4.10. The average molecular weight is 180 g/mol. The summed E-state index contributed by atoms with van der Waals surface area (Å²) < 4.78 is 0. The third-order valence-corrected chi connectivity index (χ3v) is 4.96. The summed E-state index contributed by atoms with van der Waals surface area (Å²) in [6.45, 7) is 9.82. The van der Waals surface area contributed by atoms with Crippen LogP contribution in [-0.4, -0.2) is 0 Å². The second kappa shape index (κ2) is 3.00. The van der Waals surface area contributed by atoms with Crippen molar-refractivity contribution in [3.05, 3.63) is 0 Å². The van der Waals surface area contributed by atoms with E-state index in [1.807, 2.05) is 0 Å². The molecule has 0 aromatic carbocycles. The Balaban J connectivity index is 2.09. The zero-order valence-corrected chi connectivity index (χ0v) is 9.64. The van der Waals surface area contributed by atoms with Crippen molar-refractivity contribution >= 4 is 0 Å². The molecule has 0 amide bonds. The van der Waals surface area contributed by atoms with Crippen molar-refractivity contribution in [3.8, 4) is 0 Å². The fourth-order valence-corrected chi connectivity index (χ4v) is 4.55. The molecule has 0 aromatic rings. The van der Waals surface area contributed by atoms with Crippen LogP contribution < -0.4 is 0 Å². The number of rotatable bonds is 2. The summed E-state index contributed by atoms with van der Waals surface area (Å²) in [5, 5.41) is 0. The van der Waals surface area contributed by atoms with Crippen molar-refractivity contribution in [2.45, 2.75) is 53.4 Å². The Morgan fingerprint density at radius 1 is 1.23 bits per heavy atom. The van der Waals surface area contributed by atoms with Crippen LogP contribution in [0.3, 0.4) is 0 Å². The minimum atomic E-state index is 0.663. The summed E-state index contributed by atoms with van der Waals surface area (Å²) in [5.41, 5.74) is 0.663. The Morgan fingerprint density at radius 3 is 2.54 bits per heavy atom. The fraction of sp³-hybridized carbons (Fsp3) is 1.00. The Kier molecular flexibility index (Phi) is 2.20. The van der Waals surface area contributed by atoms with Gasteiger partial charge in [0, 0.05) is 0 Å². The number of hydrogen-bond acceptors (Lipinski definition) is 0. The van der Waals surface area contributed by atoms with Gasteiger partial charge in [0.15, 0.2) is 0 Å². The summed E-state index contributed by atoms with van der Waals surface area (Å²) in [7, 11) is 0. The summed E-state index contributed by atoms with van der Waals surface area (Å²) in [5.74, 6) is 4.22. The maximum Gasteiger partial charge on any atom is -0.0290 e. The predicted molar refractivity (Wildman–Crippen MR) is 57.6 cm³/mol. The van der Waals surface area contributed by atoms with E-state index in [1.165, 1.54) is 25.7 Å². The number of hydrogen-bond donors (Lipinski definition) is 0. The average Bonchev–Trinajstić information content (AvgIpc) is 2.41. The van der Waals surface area contributed by atoms with E-state index < -0.39 is 0 Å². The Labute approximate surface area is 83.1 Å². The molecule has 2 saturated carbocycles. The number of fused-ring (bicyclic) bond motifs is 1. The van der Waals surface area contributed by atoms with Crippen molar-refractivity contribution in [1.82, 2.24) is 0 Å². The molecule has 4 unspecified atom stereocenters. The van der Waals surface area contributed by atoms with Gasteiger partial charge in [0.05, 0.1) is 0 Å². The first kappa shape index (κ1) is 9.55. The SMILES string of the molecule is CCCC1C2CCC(C)C2C1(C)C. The smallest absolute Gasteiger partial charge is 0.0290 e. The monoisotopic (exact) mass is 180 g/mol. The first-order valence-corrected chi connectivity index (χ1v) is 6.09. The lowest BCUT2D eigenvalue weighted by Crippen LogP contribution is -2.52. The normalized spacial score (nSPS) is 47.1. The molecule has 13 heavy (non-hydrogen) atoms. The van der Waals surface area contributed by atoms with E-state index in [2.05, 4.69) is 27.7 Å². The highest BCUT2D eigenvalue weighted by Crippen LogP contribution is 2.65. The van der Waals surface area contributed by atoms with Crippen LogP contribution in [0.1, 0.15) is 53.4 Å². The van der Waals surface area contributed by atoms with Crippen molar-refractivity contribution in [2.24, 2.45) is 29.1 Å². The van der Waals surface area contributed by atoms with Crippen LogP contribution in [0.25, 0.3) is 0 Å². The topological polar surface area (TPSA) is 0 Å². The van der Waals surface area contributed by atoms with Gasteiger partial charge in [-0.15, -0.1) is 0 Å². The molecule has 2 rings (SSSR count). The van der Waals surface area contributed by atoms with Crippen LogP contribution >= 0.6 is 0 Å². The third-order valence-electron chi connectivity index (χ3n) is 4.96. The van der Waals surface area contributed by atoms with Gasteiger partial charge in [-0.3, -0.25) is 0 Å². The lowest BCUT2D eigenvalue weighted by Gasteiger charge is -2.58. The van der Waals surface area contributed by atoms with E-state index in [1.54, 1.807) is 0 Å². The fourth-order valence-electron chi connectivity index (χ4n) is 4.55. The van der Waals surface area contributed by atoms with Crippen LogP contribution in [0.4, 0.5) is 0 Å². The van der Waals surface area contributed by atoms with E-state index in [0.717, 1.165) is 23.7 Å². The van der Waals surface area contributed by atoms with Crippen molar-refractivity contribution in [2.75, 3.05) is 0 Å². The minimum absolute atomic E-state index is 0.663. The first-order chi connectivity index (χ1) is 6.09. The van der Waals surface area contributed by atoms with E-state index in [9.17, 15) is 0 Å². The van der Waals surface area contributed by atoms with Gasteiger partial charge in [-0.25, -0.2) is 0 Å². The van der Waals surface area contributed by atoms with Gasteiger partial charge in [-0.1, -0.05) is 40.5 Å². The zero-order valence-electron chi connectivity index (χ0n) is 9.64. The van der Waals surface area contributed by atoms with Crippen molar-refractivity contribution in [3.63, 3.8) is 0 Å². The molecule has 0 aliphatic heterocycles. The lowest BCUT2D eigenvalue weighted by molar-refractivity contribution is -0.0983. The summed E-state index contributed by atoms with van der Waals surface area (Å²) in [6, 6.07) is 0. The molecule has 4 atom stereocenters. The van der Waals surface area contributed by atoms with Crippen molar-refractivity contribution in [1.29, 1.82) is 0 Å². The maximum atomic E-state index is 2.51. The summed E-state index contributed by atoms with van der Waals surface area (Å²) >= 11 is 0. The molecule has 0 radical (unpaired) electrons. The van der Waals surface area contributed by atoms with Gasteiger partial charge >= 0.3 is 0 Å². The standard InChI is InChI=1S/C13H24/c1-5-6-11-10-8-7-9(2)12(10)13(11,3)4/h9-12H,5-8H2,1-4H3. The molecule has 76 valence electrons.